The number of aliphatic imine (C=N–C) groups is 1. The zero-order valence-corrected chi connectivity index (χ0v) is 17.7. The van der Waals surface area contributed by atoms with Crippen LogP contribution in [0.3, 0.4) is 0 Å². The molecule has 1 N–H and O–H groups in total. The van der Waals surface area contributed by atoms with Gasteiger partial charge in [0.25, 0.3) is 5.69 Å². The minimum absolute atomic E-state index is 0.0626. The van der Waals surface area contributed by atoms with Crippen molar-refractivity contribution in [2.45, 2.75) is 13.3 Å². The van der Waals surface area contributed by atoms with E-state index in [9.17, 15) is 18.5 Å². The molecule has 2 aromatic carbocycles. The van der Waals surface area contributed by atoms with Crippen LogP contribution in [0.4, 0.5) is 17.1 Å². The molecule has 0 amide bonds. The Bertz CT molecular complexity index is 1180. The highest BCUT2D eigenvalue weighted by molar-refractivity contribution is 8.14. The van der Waals surface area contributed by atoms with Crippen molar-refractivity contribution >= 4 is 49.7 Å². The van der Waals surface area contributed by atoms with Gasteiger partial charge in [-0.3, -0.25) is 19.8 Å². The van der Waals surface area contributed by atoms with Crippen molar-refractivity contribution in [2.24, 2.45) is 10.1 Å². The van der Waals surface area contributed by atoms with Gasteiger partial charge in [-0.05, 0) is 42.7 Å². The van der Waals surface area contributed by atoms with Gasteiger partial charge in [0.05, 0.1) is 22.1 Å². The zero-order valence-electron chi connectivity index (χ0n) is 16.1. The number of hydrogen-bond acceptors (Lipinski definition) is 7. The highest BCUT2D eigenvalue weighted by atomic mass is 32.2. The van der Waals surface area contributed by atoms with Gasteiger partial charge in [-0.2, -0.15) is 5.10 Å². The van der Waals surface area contributed by atoms with Gasteiger partial charge >= 0.3 is 0 Å². The molecule has 0 aliphatic carbocycles. The molecule has 30 heavy (non-hydrogen) atoms. The van der Waals surface area contributed by atoms with E-state index in [1.807, 2.05) is 18.2 Å². The average Bonchev–Trinajstić information content (AvgIpc) is 3.19. The maximum atomic E-state index is 12.2. The standard InChI is InChI=1S/C19H19N5O4S2/c1-2-30(27,28)23-10-9-14-11-13(7-8-17(14)23)16-12-29-19(22-21-16)20-15-5-3-4-6-18(15)24(25)26/h3-8,11H,2,9-10,12H2,1H3,(H,20,22). The van der Waals surface area contributed by atoms with Gasteiger partial charge in [0, 0.05) is 18.4 Å². The molecule has 0 saturated carbocycles. The van der Waals surface area contributed by atoms with Crippen LogP contribution in [-0.4, -0.2) is 42.3 Å². The highest BCUT2D eigenvalue weighted by Gasteiger charge is 2.28. The number of sulfonamides is 1. The predicted octanol–water partition coefficient (Wildman–Crippen LogP) is 3.04. The predicted molar refractivity (Wildman–Crippen MR) is 119 cm³/mol. The second kappa shape index (κ2) is 8.07. The number of para-hydroxylation sites is 2. The Hall–Kier alpha value is -2.92. The van der Waals surface area contributed by atoms with Crippen molar-refractivity contribution in [3.05, 3.63) is 63.7 Å². The van der Waals surface area contributed by atoms with Crippen LogP contribution in [0, 0.1) is 10.1 Å². The molecule has 4 rings (SSSR count). The first-order valence-electron chi connectivity index (χ1n) is 9.30. The number of benzene rings is 2. The summed E-state index contributed by atoms with van der Waals surface area (Å²) in [4.78, 5) is 15.0. The van der Waals surface area contributed by atoms with Gasteiger partial charge in [0.15, 0.2) is 5.17 Å². The molecular formula is C19H19N5O4S2. The van der Waals surface area contributed by atoms with E-state index in [-0.39, 0.29) is 17.1 Å². The van der Waals surface area contributed by atoms with Crippen LogP contribution in [0.25, 0.3) is 0 Å². The Balaban J connectivity index is 1.55. The van der Waals surface area contributed by atoms with E-state index in [2.05, 4.69) is 15.5 Å². The highest BCUT2D eigenvalue weighted by Crippen LogP contribution is 2.32. The Morgan fingerprint density at radius 2 is 2.10 bits per heavy atom. The van der Waals surface area contributed by atoms with Gasteiger partial charge < -0.3 is 0 Å². The molecule has 0 fully saturated rings. The zero-order chi connectivity index (χ0) is 21.3. The molecule has 2 aromatic rings. The third kappa shape index (κ3) is 3.90. The van der Waals surface area contributed by atoms with Crippen molar-refractivity contribution < 1.29 is 13.3 Å². The van der Waals surface area contributed by atoms with E-state index >= 15 is 0 Å². The van der Waals surface area contributed by atoms with E-state index in [4.69, 9.17) is 0 Å². The van der Waals surface area contributed by atoms with Crippen LogP contribution in [0.1, 0.15) is 18.1 Å². The summed E-state index contributed by atoms with van der Waals surface area (Å²) < 4.78 is 25.9. The van der Waals surface area contributed by atoms with Crippen molar-refractivity contribution in [1.82, 2.24) is 5.43 Å². The molecule has 0 spiro atoms. The summed E-state index contributed by atoms with van der Waals surface area (Å²) >= 11 is 1.40. The number of hydrazone groups is 1. The van der Waals surface area contributed by atoms with Crippen LogP contribution < -0.4 is 9.73 Å². The molecule has 0 aromatic heterocycles. The fourth-order valence-electron chi connectivity index (χ4n) is 3.34. The first-order chi connectivity index (χ1) is 14.4. The number of amidine groups is 1. The lowest BCUT2D eigenvalue weighted by Gasteiger charge is -2.19. The second-order valence-corrected chi connectivity index (χ2v) is 9.83. The van der Waals surface area contributed by atoms with Crippen LogP contribution in [-0.2, 0) is 16.4 Å². The van der Waals surface area contributed by atoms with Gasteiger partial charge in [0.1, 0.15) is 5.69 Å². The number of nitro benzene ring substituents is 1. The number of hydrogen-bond donors (Lipinski definition) is 1. The summed E-state index contributed by atoms with van der Waals surface area (Å²) in [5.74, 6) is 0.616. The average molecular weight is 446 g/mol. The summed E-state index contributed by atoms with van der Waals surface area (Å²) in [7, 11) is -3.27. The number of anilines is 1. The molecular weight excluding hydrogens is 426 g/mol. The first-order valence-corrected chi connectivity index (χ1v) is 11.9. The van der Waals surface area contributed by atoms with E-state index in [0.717, 1.165) is 22.5 Å². The van der Waals surface area contributed by atoms with E-state index in [1.165, 1.54) is 22.1 Å². The van der Waals surface area contributed by atoms with Crippen molar-refractivity contribution in [1.29, 1.82) is 0 Å². The molecule has 9 nitrogen and oxygen atoms in total. The summed E-state index contributed by atoms with van der Waals surface area (Å²) in [6, 6.07) is 12.0. The Morgan fingerprint density at radius 3 is 2.80 bits per heavy atom. The lowest BCUT2D eigenvalue weighted by molar-refractivity contribution is -0.384. The topological polar surface area (TPSA) is 117 Å². The minimum Gasteiger partial charge on any atom is -0.270 e. The number of nitrogens with zero attached hydrogens (tertiary/aromatic N) is 4. The molecule has 0 bridgehead atoms. The smallest absolute Gasteiger partial charge is 0.270 e. The lowest BCUT2D eigenvalue weighted by atomic mass is 10.1. The molecule has 0 radical (unpaired) electrons. The monoisotopic (exact) mass is 445 g/mol. The van der Waals surface area contributed by atoms with Crippen LogP contribution in [0.2, 0.25) is 0 Å². The minimum atomic E-state index is -3.27. The summed E-state index contributed by atoms with van der Waals surface area (Å²) in [6.45, 7) is 2.10. The SMILES string of the molecule is CCS(=O)(=O)N1CCc2cc(C3=NNC(=Nc4ccccc4[N+](=O)[O-])SC3)ccc21. The van der Waals surface area contributed by atoms with E-state index in [0.29, 0.717) is 23.9 Å². The number of rotatable bonds is 5. The van der Waals surface area contributed by atoms with Gasteiger partial charge in [-0.15, -0.1) is 0 Å². The molecule has 156 valence electrons. The molecule has 0 atom stereocenters. The van der Waals surface area contributed by atoms with Crippen molar-refractivity contribution in [3.8, 4) is 0 Å². The maximum Gasteiger partial charge on any atom is 0.294 e. The number of nitrogens with one attached hydrogen (secondary N) is 1. The quantitative estimate of drug-likeness (QED) is 0.558. The van der Waals surface area contributed by atoms with Gasteiger partial charge in [-0.1, -0.05) is 30.0 Å². The largest absolute Gasteiger partial charge is 0.294 e. The molecule has 2 aliphatic heterocycles. The molecule has 0 saturated heterocycles. The summed E-state index contributed by atoms with van der Waals surface area (Å²) in [5, 5.41) is 16.0. The Kier molecular flexibility index (Phi) is 5.48. The third-order valence-corrected chi connectivity index (χ3v) is 7.55. The van der Waals surface area contributed by atoms with Crippen molar-refractivity contribution in [3.63, 3.8) is 0 Å². The Morgan fingerprint density at radius 1 is 1.30 bits per heavy atom. The van der Waals surface area contributed by atoms with Crippen LogP contribution in [0.5, 0.6) is 0 Å². The molecule has 2 aliphatic rings. The fraction of sp³-hybridized carbons (Fsp3) is 0.263. The maximum absolute atomic E-state index is 12.2. The number of thioether (sulfide) groups is 1. The van der Waals surface area contributed by atoms with Gasteiger partial charge in [-0.25, -0.2) is 13.4 Å². The number of fused-ring (bicyclic) bond motifs is 1. The van der Waals surface area contributed by atoms with Crippen LogP contribution >= 0.6 is 11.8 Å². The first kappa shape index (κ1) is 20.4. The second-order valence-electron chi connectivity index (χ2n) is 6.69. The van der Waals surface area contributed by atoms with E-state index in [1.54, 1.807) is 25.1 Å². The number of nitro groups is 1. The molecule has 2 heterocycles. The summed E-state index contributed by atoms with van der Waals surface area (Å²) in [5.41, 5.74) is 6.50. The van der Waals surface area contributed by atoms with Gasteiger partial charge in [0.2, 0.25) is 10.0 Å². The fourth-order valence-corrected chi connectivity index (χ4v) is 5.28. The lowest BCUT2D eigenvalue weighted by Crippen LogP contribution is -2.30. The summed E-state index contributed by atoms with van der Waals surface area (Å²) in [6.07, 6.45) is 0.667. The normalized spacial score (nSPS) is 17.4. The van der Waals surface area contributed by atoms with E-state index < -0.39 is 14.9 Å². The van der Waals surface area contributed by atoms with Crippen molar-refractivity contribution in [2.75, 3.05) is 22.4 Å². The van der Waals surface area contributed by atoms with Crippen LogP contribution in [0.15, 0.2) is 52.6 Å². The molecule has 0 unspecified atom stereocenters. The molecule has 11 heteroatoms. The third-order valence-electron chi connectivity index (χ3n) is 4.90. The Labute approximate surface area is 178 Å².